The second-order valence-corrected chi connectivity index (χ2v) is 5.22. The van der Waals surface area contributed by atoms with Gasteiger partial charge in [0.15, 0.2) is 0 Å². The van der Waals surface area contributed by atoms with E-state index in [0.29, 0.717) is 0 Å². The number of nitrogens with one attached hydrogen (secondary N) is 1. The van der Waals surface area contributed by atoms with Crippen LogP contribution in [-0.2, 0) is 5.75 Å². The normalized spacial score (nSPS) is 10.3. The second kappa shape index (κ2) is 6.45. The number of hydrogen-bond acceptors (Lipinski definition) is 3. The van der Waals surface area contributed by atoms with Gasteiger partial charge in [0.05, 0.1) is 5.69 Å². The molecule has 0 spiro atoms. The van der Waals surface area contributed by atoms with E-state index in [4.69, 9.17) is 0 Å². The minimum absolute atomic E-state index is 0.905. The highest BCUT2D eigenvalue weighted by Gasteiger charge is 1.99. The van der Waals surface area contributed by atoms with Crippen LogP contribution in [0.1, 0.15) is 18.2 Å². The van der Waals surface area contributed by atoms with Gasteiger partial charge in [0.2, 0.25) is 0 Å². The number of pyridine rings is 1. The first-order valence-corrected chi connectivity index (χ1v) is 7.15. The van der Waals surface area contributed by atoms with Gasteiger partial charge in [0.1, 0.15) is 0 Å². The molecular formula is C15H18N2S. The summed E-state index contributed by atoms with van der Waals surface area (Å²) in [6, 6.07) is 12.7. The molecule has 0 unspecified atom stereocenters. The molecule has 0 saturated heterocycles. The SMILES string of the molecule is CCNc1ccnc(CSc2cccc(C)c2)c1. The lowest BCUT2D eigenvalue weighted by Gasteiger charge is -2.06. The third-order valence-corrected chi connectivity index (χ3v) is 3.60. The summed E-state index contributed by atoms with van der Waals surface area (Å²) >= 11 is 1.82. The zero-order chi connectivity index (χ0) is 12.8. The van der Waals surface area contributed by atoms with E-state index in [0.717, 1.165) is 23.7 Å². The number of benzene rings is 1. The van der Waals surface area contributed by atoms with Crippen molar-refractivity contribution in [1.29, 1.82) is 0 Å². The van der Waals surface area contributed by atoms with Gasteiger partial charge in [-0.05, 0) is 38.1 Å². The molecular weight excluding hydrogens is 240 g/mol. The average Bonchev–Trinajstić information content (AvgIpc) is 2.37. The molecule has 0 aliphatic rings. The van der Waals surface area contributed by atoms with Crippen molar-refractivity contribution >= 4 is 17.4 Å². The fraction of sp³-hybridized carbons (Fsp3) is 0.267. The minimum atomic E-state index is 0.905. The summed E-state index contributed by atoms with van der Waals surface area (Å²) in [7, 11) is 0. The molecule has 0 aliphatic carbocycles. The van der Waals surface area contributed by atoms with E-state index >= 15 is 0 Å². The lowest BCUT2D eigenvalue weighted by atomic mass is 10.2. The first kappa shape index (κ1) is 13.0. The van der Waals surface area contributed by atoms with E-state index < -0.39 is 0 Å². The van der Waals surface area contributed by atoms with Crippen LogP contribution in [0.5, 0.6) is 0 Å². The van der Waals surface area contributed by atoms with Crippen LogP contribution in [0.3, 0.4) is 0 Å². The number of nitrogens with zero attached hydrogens (tertiary/aromatic N) is 1. The van der Waals surface area contributed by atoms with Crippen LogP contribution in [0.25, 0.3) is 0 Å². The number of rotatable bonds is 5. The van der Waals surface area contributed by atoms with Crippen molar-refractivity contribution in [1.82, 2.24) is 4.98 Å². The maximum atomic E-state index is 4.40. The van der Waals surface area contributed by atoms with E-state index in [9.17, 15) is 0 Å². The Balaban J connectivity index is 1.99. The molecule has 2 rings (SSSR count). The summed E-state index contributed by atoms with van der Waals surface area (Å²) in [4.78, 5) is 5.70. The highest BCUT2D eigenvalue weighted by Crippen LogP contribution is 2.23. The Labute approximate surface area is 113 Å². The van der Waals surface area contributed by atoms with Crippen molar-refractivity contribution in [3.63, 3.8) is 0 Å². The molecule has 0 atom stereocenters. The van der Waals surface area contributed by atoms with E-state index in [1.807, 2.05) is 24.0 Å². The third kappa shape index (κ3) is 3.77. The van der Waals surface area contributed by atoms with Crippen molar-refractivity contribution in [3.05, 3.63) is 53.9 Å². The summed E-state index contributed by atoms with van der Waals surface area (Å²) in [5.41, 5.74) is 3.56. The maximum absolute atomic E-state index is 4.40. The fourth-order valence-corrected chi connectivity index (χ4v) is 2.65. The summed E-state index contributed by atoms with van der Waals surface area (Å²) in [5, 5.41) is 3.31. The Morgan fingerprint density at radius 3 is 2.89 bits per heavy atom. The maximum Gasteiger partial charge on any atom is 0.0526 e. The molecule has 1 heterocycles. The molecule has 2 aromatic rings. The van der Waals surface area contributed by atoms with Gasteiger partial charge in [-0.25, -0.2) is 0 Å². The van der Waals surface area contributed by atoms with Crippen molar-refractivity contribution in [3.8, 4) is 0 Å². The number of anilines is 1. The Morgan fingerprint density at radius 2 is 2.11 bits per heavy atom. The quantitative estimate of drug-likeness (QED) is 0.817. The molecule has 0 fully saturated rings. The van der Waals surface area contributed by atoms with E-state index in [1.165, 1.54) is 10.5 Å². The molecule has 2 nitrogen and oxygen atoms in total. The van der Waals surface area contributed by atoms with Crippen LogP contribution in [0.4, 0.5) is 5.69 Å². The minimum Gasteiger partial charge on any atom is -0.385 e. The van der Waals surface area contributed by atoms with Crippen LogP contribution in [0, 0.1) is 6.92 Å². The number of aryl methyl sites for hydroxylation is 1. The smallest absolute Gasteiger partial charge is 0.0526 e. The average molecular weight is 258 g/mol. The molecule has 18 heavy (non-hydrogen) atoms. The Hall–Kier alpha value is -1.48. The largest absolute Gasteiger partial charge is 0.385 e. The molecule has 94 valence electrons. The van der Waals surface area contributed by atoms with Crippen LogP contribution >= 0.6 is 11.8 Å². The highest BCUT2D eigenvalue weighted by molar-refractivity contribution is 7.98. The number of thioether (sulfide) groups is 1. The Kier molecular flexibility index (Phi) is 4.65. The topological polar surface area (TPSA) is 24.9 Å². The molecule has 3 heteroatoms. The molecule has 0 aliphatic heterocycles. The van der Waals surface area contributed by atoms with Crippen LogP contribution in [0.15, 0.2) is 47.5 Å². The summed E-state index contributed by atoms with van der Waals surface area (Å²) in [6.45, 7) is 5.16. The van der Waals surface area contributed by atoms with E-state index in [-0.39, 0.29) is 0 Å². The Bertz CT molecular complexity index is 511. The van der Waals surface area contributed by atoms with Gasteiger partial charge >= 0.3 is 0 Å². The van der Waals surface area contributed by atoms with Crippen molar-refractivity contribution in [2.24, 2.45) is 0 Å². The standard InChI is InChI=1S/C15H18N2S/c1-3-16-13-7-8-17-14(10-13)11-18-15-6-4-5-12(2)9-15/h4-10H,3,11H2,1-2H3,(H,16,17). The van der Waals surface area contributed by atoms with Crippen LogP contribution in [-0.4, -0.2) is 11.5 Å². The number of hydrogen-bond donors (Lipinski definition) is 1. The van der Waals surface area contributed by atoms with Gasteiger partial charge in [0, 0.05) is 29.1 Å². The summed E-state index contributed by atoms with van der Waals surface area (Å²) < 4.78 is 0. The molecule has 0 bridgehead atoms. The van der Waals surface area contributed by atoms with E-state index in [2.05, 4.69) is 54.5 Å². The summed E-state index contributed by atoms with van der Waals surface area (Å²) in [6.07, 6.45) is 1.87. The molecule has 0 radical (unpaired) electrons. The zero-order valence-corrected chi connectivity index (χ0v) is 11.6. The zero-order valence-electron chi connectivity index (χ0n) is 10.8. The predicted molar refractivity (Wildman–Crippen MR) is 79.1 cm³/mol. The second-order valence-electron chi connectivity index (χ2n) is 4.17. The van der Waals surface area contributed by atoms with Gasteiger partial charge in [-0.15, -0.1) is 11.8 Å². The predicted octanol–water partition coefficient (Wildman–Crippen LogP) is 4.11. The van der Waals surface area contributed by atoms with Crippen molar-refractivity contribution in [2.45, 2.75) is 24.5 Å². The van der Waals surface area contributed by atoms with Gasteiger partial charge in [0.25, 0.3) is 0 Å². The van der Waals surface area contributed by atoms with Crippen molar-refractivity contribution in [2.75, 3.05) is 11.9 Å². The molecule has 0 saturated carbocycles. The van der Waals surface area contributed by atoms with E-state index in [1.54, 1.807) is 0 Å². The highest BCUT2D eigenvalue weighted by atomic mass is 32.2. The monoisotopic (exact) mass is 258 g/mol. The van der Waals surface area contributed by atoms with Gasteiger partial charge in [-0.2, -0.15) is 0 Å². The first-order valence-electron chi connectivity index (χ1n) is 6.16. The van der Waals surface area contributed by atoms with Gasteiger partial charge in [-0.1, -0.05) is 17.7 Å². The molecule has 1 aromatic heterocycles. The molecule has 0 amide bonds. The lowest BCUT2D eigenvalue weighted by Crippen LogP contribution is -1.97. The van der Waals surface area contributed by atoms with Crippen LogP contribution < -0.4 is 5.32 Å². The van der Waals surface area contributed by atoms with Crippen molar-refractivity contribution < 1.29 is 0 Å². The number of aromatic nitrogens is 1. The lowest BCUT2D eigenvalue weighted by molar-refractivity contribution is 1.15. The summed E-state index contributed by atoms with van der Waals surface area (Å²) in [5.74, 6) is 0.905. The fourth-order valence-electron chi connectivity index (χ4n) is 1.73. The third-order valence-electron chi connectivity index (χ3n) is 2.57. The molecule has 1 N–H and O–H groups in total. The van der Waals surface area contributed by atoms with Gasteiger partial charge in [-0.3, -0.25) is 4.98 Å². The first-order chi connectivity index (χ1) is 8.78. The van der Waals surface area contributed by atoms with Gasteiger partial charge < -0.3 is 5.32 Å². The molecule has 1 aromatic carbocycles. The van der Waals surface area contributed by atoms with Crippen LogP contribution in [0.2, 0.25) is 0 Å². The Morgan fingerprint density at radius 1 is 1.22 bits per heavy atom.